The highest BCUT2D eigenvalue weighted by Gasteiger charge is 2.24. The summed E-state index contributed by atoms with van der Waals surface area (Å²) in [6, 6.07) is 0. The molecule has 0 aliphatic carbocycles. The van der Waals surface area contributed by atoms with Crippen molar-refractivity contribution in [3.05, 3.63) is 0 Å². The van der Waals surface area contributed by atoms with Crippen LogP contribution in [0.1, 0.15) is 59.3 Å². The van der Waals surface area contributed by atoms with Crippen LogP contribution in [0.5, 0.6) is 0 Å². The van der Waals surface area contributed by atoms with Gasteiger partial charge in [0.15, 0.2) is 5.96 Å². The fourth-order valence-corrected chi connectivity index (χ4v) is 3.40. The van der Waals surface area contributed by atoms with E-state index in [1.807, 2.05) is 7.05 Å². The summed E-state index contributed by atoms with van der Waals surface area (Å²) in [4.78, 5) is 6.81. The van der Waals surface area contributed by atoms with E-state index < -0.39 is 0 Å². The van der Waals surface area contributed by atoms with Gasteiger partial charge in [-0.3, -0.25) is 4.99 Å². The molecule has 6 heteroatoms. The Morgan fingerprint density at radius 3 is 2.52 bits per heavy atom. The van der Waals surface area contributed by atoms with Crippen molar-refractivity contribution >= 4 is 29.9 Å². The van der Waals surface area contributed by atoms with Crippen LogP contribution in [0.3, 0.4) is 0 Å². The van der Waals surface area contributed by atoms with Gasteiger partial charge in [0, 0.05) is 33.3 Å². The summed E-state index contributed by atoms with van der Waals surface area (Å²) in [5.41, 5.74) is 0.407. The molecule has 0 aromatic carbocycles. The number of rotatable bonds is 6. The molecule has 25 heavy (non-hydrogen) atoms. The number of guanidine groups is 1. The van der Waals surface area contributed by atoms with Crippen LogP contribution < -0.4 is 5.32 Å². The fourth-order valence-electron chi connectivity index (χ4n) is 3.40. The van der Waals surface area contributed by atoms with Crippen LogP contribution in [0, 0.1) is 5.41 Å². The van der Waals surface area contributed by atoms with E-state index in [9.17, 15) is 0 Å². The van der Waals surface area contributed by atoms with E-state index >= 15 is 0 Å². The Hall–Kier alpha value is -0.0800. The molecule has 2 rings (SSSR count). The zero-order chi connectivity index (χ0) is 17.4. The molecule has 2 aliphatic rings. The summed E-state index contributed by atoms with van der Waals surface area (Å²) in [5.74, 6) is 1.04. The van der Waals surface area contributed by atoms with Crippen LogP contribution in [0.2, 0.25) is 0 Å². The van der Waals surface area contributed by atoms with Crippen molar-refractivity contribution in [3.63, 3.8) is 0 Å². The molecule has 5 nitrogen and oxygen atoms in total. The second kappa shape index (κ2) is 11.6. The zero-order valence-electron chi connectivity index (χ0n) is 16.6. The summed E-state index contributed by atoms with van der Waals surface area (Å²) >= 11 is 0. The van der Waals surface area contributed by atoms with Crippen LogP contribution in [0.15, 0.2) is 4.99 Å². The van der Waals surface area contributed by atoms with Gasteiger partial charge in [-0.2, -0.15) is 0 Å². The maximum atomic E-state index is 6.05. The SMILES string of the molecule is CN=C(NCCCC(C)(C)C)N1CCC(OCC2CCCO2)CC1.I. The normalized spacial score (nSPS) is 22.8. The third kappa shape index (κ3) is 8.91. The Kier molecular flexibility index (Phi) is 10.6. The van der Waals surface area contributed by atoms with E-state index in [-0.39, 0.29) is 24.0 Å². The molecular weight excluding hydrogens is 429 g/mol. The maximum Gasteiger partial charge on any atom is 0.193 e. The lowest BCUT2D eigenvalue weighted by Crippen LogP contribution is -2.47. The third-order valence-corrected chi connectivity index (χ3v) is 4.88. The van der Waals surface area contributed by atoms with Gasteiger partial charge in [0.1, 0.15) is 0 Å². The number of ether oxygens (including phenoxy) is 2. The number of piperidine rings is 1. The van der Waals surface area contributed by atoms with Crippen molar-refractivity contribution in [2.24, 2.45) is 10.4 Å². The molecule has 0 aromatic rings. The van der Waals surface area contributed by atoms with E-state index in [2.05, 4.69) is 36.0 Å². The molecule has 0 radical (unpaired) electrons. The number of hydrogen-bond donors (Lipinski definition) is 1. The molecule has 2 aliphatic heterocycles. The molecule has 2 heterocycles. The molecule has 0 spiro atoms. The number of halogens is 1. The Balaban J connectivity index is 0.00000312. The minimum absolute atomic E-state index is 0. The van der Waals surface area contributed by atoms with Crippen molar-refractivity contribution in [3.8, 4) is 0 Å². The molecular formula is C19H38IN3O2. The first-order chi connectivity index (χ1) is 11.5. The quantitative estimate of drug-likeness (QED) is 0.280. The lowest BCUT2D eigenvalue weighted by atomic mass is 9.91. The molecule has 2 fully saturated rings. The summed E-state index contributed by atoms with van der Waals surface area (Å²) in [6.07, 6.45) is 7.63. The molecule has 0 amide bonds. The Morgan fingerprint density at radius 2 is 1.96 bits per heavy atom. The molecule has 0 bridgehead atoms. The summed E-state index contributed by atoms with van der Waals surface area (Å²) in [6.45, 7) is 11.6. The summed E-state index contributed by atoms with van der Waals surface area (Å²) in [7, 11) is 1.88. The van der Waals surface area contributed by atoms with Gasteiger partial charge in [-0.15, -0.1) is 24.0 Å². The van der Waals surface area contributed by atoms with Crippen molar-refractivity contribution in [2.75, 3.05) is 39.9 Å². The van der Waals surface area contributed by atoms with E-state index in [4.69, 9.17) is 9.47 Å². The highest BCUT2D eigenvalue weighted by molar-refractivity contribution is 14.0. The monoisotopic (exact) mass is 467 g/mol. The number of likely N-dealkylation sites (tertiary alicyclic amines) is 1. The van der Waals surface area contributed by atoms with Gasteiger partial charge in [-0.25, -0.2) is 0 Å². The average molecular weight is 467 g/mol. The van der Waals surface area contributed by atoms with Crippen molar-refractivity contribution in [1.29, 1.82) is 0 Å². The molecule has 1 atom stereocenters. The number of nitrogens with one attached hydrogen (secondary N) is 1. The van der Waals surface area contributed by atoms with Crippen LogP contribution >= 0.6 is 24.0 Å². The Labute approximate surface area is 171 Å². The average Bonchev–Trinajstić information content (AvgIpc) is 3.06. The highest BCUT2D eigenvalue weighted by atomic mass is 127. The first-order valence-electron chi connectivity index (χ1n) is 9.67. The molecule has 0 saturated carbocycles. The molecule has 148 valence electrons. The zero-order valence-corrected chi connectivity index (χ0v) is 18.9. The van der Waals surface area contributed by atoms with E-state index in [1.54, 1.807) is 0 Å². The predicted octanol–water partition coefficient (Wildman–Crippen LogP) is 3.67. The van der Waals surface area contributed by atoms with Gasteiger partial charge in [-0.05, 0) is 43.9 Å². The summed E-state index contributed by atoms with van der Waals surface area (Å²) < 4.78 is 11.7. The number of aliphatic imine (C=N–C) groups is 1. The molecule has 2 saturated heterocycles. The minimum atomic E-state index is 0. The number of hydrogen-bond acceptors (Lipinski definition) is 3. The van der Waals surface area contributed by atoms with Gasteiger partial charge >= 0.3 is 0 Å². The van der Waals surface area contributed by atoms with Gasteiger partial charge in [-0.1, -0.05) is 20.8 Å². The number of nitrogens with zero attached hydrogens (tertiary/aromatic N) is 2. The molecule has 1 N–H and O–H groups in total. The van der Waals surface area contributed by atoms with E-state index in [0.717, 1.165) is 58.1 Å². The predicted molar refractivity (Wildman–Crippen MR) is 115 cm³/mol. The lowest BCUT2D eigenvalue weighted by molar-refractivity contribution is -0.0367. The van der Waals surface area contributed by atoms with Gasteiger partial charge < -0.3 is 19.7 Å². The van der Waals surface area contributed by atoms with Crippen LogP contribution in [0.25, 0.3) is 0 Å². The first-order valence-corrected chi connectivity index (χ1v) is 9.67. The maximum absolute atomic E-state index is 6.05. The Morgan fingerprint density at radius 1 is 1.24 bits per heavy atom. The largest absolute Gasteiger partial charge is 0.376 e. The summed E-state index contributed by atoms with van der Waals surface area (Å²) in [5, 5.41) is 3.52. The molecule has 0 aromatic heterocycles. The fraction of sp³-hybridized carbons (Fsp3) is 0.947. The van der Waals surface area contributed by atoms with Crippen LogP contribution in [0.4, 0.5) is 0 Å². The third-order valence-electron chi connectivity index (χ3n) is 4.88. The highest BCUT2D eigenvalue weighted by Crippen LogP contribution is 2.20. The van der Waals surface area contributed by atoms with Gasteiger partial charge in [0.05, 0.1) is 18.8 Å². The van der Waals surface area contributed by atoms with Crippen molar-refractivity contribution < 1.29 is 9.47 Å². The minimum Gasteiger partial charge on any atom is -0.376 e. The molecule has 1 unspecified atom stereocenters. The van der Waals surface area contributed by atoms with Gasteiger partial charge in [0.25, 0.3) is 0 Å². The first kappa shape index (κ1) is 23.0. The van der Waals surface area contributed by atoms with E-state index in [1.165, 1.54) is 19.3 Å². The van der Waals surface area contributed by atoms with Crippen LogP contribution in [-0.4, -0.2) is 63.0 Å². The smallest absolute Gasteiger partial charge is 0.193 e. The van der Waals surface area contributed by atoms with Gasteiger partial charge in [0.2, 0.25) is 0 Å². The van der Waals surface area contributed by atoms with Crippen molar-refractivity contribution in [2.45, 2.75) is 71.5 Å². The second-order valence-electron chi connectivity index (χ2n) is 8.29. The standard InChI is InChI=1S/C19H37N3O2.HI/c1-19(2,3)10-6-11-21-18(20-4)22-12-8-16(9-13-22)24-15-17-7-5-14-23-17;/h16-17H,5-15H2,1-4H3,(H,20,21);1H. The van der Waals surface area contributed by atoms with E-state index in [0.29, 0.717) is 17.6 Å². The Bertz CT molecular complexity index is 385. The topological polar surface area (TPSA) is 46.1 Å². The van der Waals surface area contributed by atoms with Crippen LogP contribution in [-0.2, 0) is 9.47 Å². The lowest BCUT2D eigenvalue weighted by Gasteiger charge is -2.34. The van der Waals surface area contributed by atoms with Crippen molar-refractivity contribution in [1.82, 2.24) is 10.2 Å². The second-order valence-corrected chi connectivity index (χ2v) is 8.29.